The third kappa shape index (κ3) is 2.97. The van der Waals surface area contributed by atoms with Crippen LogP contribution in [0.25, 0.3) is 0 Å². The summed E-state index contributed by atoms with van der Waals surface area (Å²) in [6, 6.07) is 6.36. The highest BCUT2D eigenvalue weighted by Gasteiger charge is 2.24. The molecule has 0 radical (unpaired) electrons. The molecule has 1 N–H and O–H groups in total. The van der Waals surface area contributed by atoms with Crippen molar-refractivity contribution in [1.82, 2.24) is 4.98 Å². The van der Waals surface area contributed by atoms with Crippen molar-refractivity contribution in [2.75, 3.05) is 5.32 Å². The zero-order valence-corrected chi connectivity index (χ0v) is 10.5. The molecular weight excluding hydrogens is 210 g/mol. The van der Waals surface area contributed by atoms with Gasteiger partial charge in [-0.3, -0.25) is 0 Å². The normalized spacial score (nSPS) is 28.4. The summed E-state index contributed by atoms with van der Waals surface area (Å²) in [5.74, 6) is 1.61. The number of aromatic nitrogens is 1. The lowest BCUT2D eigenvalue weighted by Crippen LogP contribution is -2.30. The number of hydrogen-bond donors (Lipinski definition) is 1. The number of nitrogens with one attached hydrogen (secondary N) is 1. The maximum Gasteiger partial charge on any atom is 0.142 e. The summed E-state index contributed by atoms with van der Waals surface area (Å²) in [7, 11) is 0. The molecule has 0 aliphatic heterocycles. The van der Waals surface area contributed by atoms with Crippen molar-refractivity contribution >= 4 is 5.69 Å². The van der Waals surface area contributed by atoms with Crippen molar-refractivity contribution in [2.24, 2.45) is 11.8 Å². The average molecular weight is 229 g/mol. The highest BCUT2D eigenvalue weighted by molar-refractivity contribution is 5.46. The predicted molar refractivity (Wildman–Crippen MR) is 68.5 cm³/mol. The van der Waals surface area contributed by atoms with Crippen LogP contribution in [0.15, 0.2) is 18.3 Å². The summed E-state index contributed by atoms with van der Waals surface area (Å²) in [6.45, 7) is 4.66. The summed E-state index contributed by atoms with van der Waals surface area (Å²) in [5.41, 5.74) is 1.50. The third-order valence-corrected chi connectivity index (χ3v) is 3.84. The fourth-order valence-electron chi connectivity index (χ4n) is 2.50. The van der Waals surface area contributed by atoms with Gasteiger partial charge in [-0.2, -0.15) is 5.26 Å². The van der Waals surface area contributed by atoms with Crippen LogP contribution in [-0.2, 0) is 0 Å². The Morgan fingerprint density at radius 2 is 2.18 bits per heavy atom. The summed E-state index contributed by atoms with van der Waals surface area (Å²) in [5, 5.41) is 12.3. The quantitative estimate of drug-likeness (QED) is 0.847. The Kier molecular flexibility index (Phi) is 3.63. The molecule has 1 heterocycles. The first-order valence-corrected chi connectivity index (χ1v) is 6.31. The van der Waals surface area contributed by atoms with Gasteiger partial charge in [0.05, 0.1) is 0 Å². The monoisotopic (exact) mass is 229 g/mol. The highest BCUT2D eigenvalue weighted by atomic mass is 14.9. The minimum atomic E-state index is 0.479. The van der Waals surface area contributed by atoms with E-state index in [9.17, 15) is 0 Å². The standard InChI is InChI=1S/C14H19N3/c1-10-3-4-12(7-11(10)2)17-13-5-6-16-14(8-13)9-15/h5-6,8,10-12H,3-4,7H2,1-2H3,(H,16,17). The number of nitriles is 1. The van der Waals surface area contributed by atoms with E-state index in [1.165, 1.54) is 19.3 Å². The van der Waals surface area contributed by atoms with Gasteiger partial charge in [-0.05, 0) is 43.2 Å². The molecule has 0 bridgehead atoms. The van der Waals surface area contributed by atoms with Gasteiger partial charge in [0.15, 0.2) is 0 Å². The lowest BCUT2D eigenvalue weighted by atomic mass is 9.79. The van der Waals surface area contributed by atoms with E-state index in [2.05, 4.69) is 30.2 Å². The molecule has 2 rings (SSSR count). The van der Waals surface area contributed by atoms with Crippen molar-refractivity contribution in [3.8, 4) is 6.07 Å². The molecule has 1 aliphatic rings. The van der Waals surface area contributed by atoms with E-state index in [4.69, 9.17) is 5.26 Å². The molecule has 90 valence electrons. The molecular formula is C14H19N3. The van der Waals surface area contributed by atoms with Crippen molar-refractivity contribution in [3.63, 3.8) is 0 Å². The third-order valence-electron chi connectivity index (χ3n) is 3.84. The molecule has 3 atom stereocenters. The molecule has 1 saturated carbocycles. The lowest BCUT2D eigenvalue weighted by molar-refractivity contribution is 0.261. The lowest BCUT2D eigenvalue weighted by Gasteiger charge is -2.33. The number of rotatable bonds is 2. The van der Waals surface area contributed by atoms with Gasteiger partial charge in [-0.1, -0.05) is 13.8 Å². The molecule has 1 fully saturated rings. The molecule has 0 aromatic carbocycles. The second kappa shape index (κ2) is 5.18. The molecule has 1 aromatic rings. The zero-order chi connectivity index (χ0) is 12.3. The Morgan fingerprint density at radius 3 is 2.88 bits per heavy atom. The van der Waals surface area contributed by atoms with Crippen molar-refractivity contribution < 1.29 is 0 Å². The average Bonchev–Trinajstić information content (AvgIpc) is 2.34. The van der Waals surface area contributed by atoms with E-state index < -0.39 is 0 Å². The van der Waals surface area contributed by atoms with Gasteiger partial charge in [-0.15, -0.1) is 0 Å². The molecule has 0 amide bonds. The Hall–Kier alpha value is -1.56. The first-order valence-electron chi connectivity index (χ1n) is 6.31. The Balaban J connectivity index is 1.99. The Bertz CT molecular complexity index is 422. The van der Waals surface area contributed by atoms with E-state index >= 15 is 0 Å². The van der Waals surface area contributed by atoms with Crippen molar-refractivity contribution in [1.29, 1.82) is 5.26 Å². The van der Waals surface area contributed by atoms with Crippen LogP contribution in [0.3, 0.4) is 0 Å². The highest BCUT2D eigenvalue weighted by Crippen LogP contribution is 2.30. The number of pyridine rings is 1. The van der Waals surface area contributed by atoms with Gasteiger partial charge in [0.25, 0.3) is 0 Å². The van der Waals surface area contributed by atoms with Crippen LogP contribution in [-0.4, -0.2) is 11.0 Å². The topological polar surface area (TPSA) is 48.7 Å². The van der Waals surface area contributed by atoms with Crippen LogP contribution < -0.4 is 5.32 Å². The first-order chi connectivity index (χ1) is 8.19. The number of anilines is 1. The molecule has 3 heteroatoms. The van der Waals surface area contributed by atoms with Gasteiger partial charge in [0.2, 0.25) is 0 Å². The summed E-state index contributed by atoms with van der Waals surface area (Å²) in [6.07, 6.45) is 5.41. The van der Waals surface area contributed by atoms with Crippen LogP contribution >= 0.6 is 0 Å². The summed E-state index contributed by atoms with van der Waals surface area (Å²) in [4.78, 5) is 3.98. The second-order valence-corrected chi connectivity index (χ2v) is 5.15. The summed E-state index contributed by atoms with van der Waals surface area (Å²) >= 11 is 0. The van der Waals surface area contributed by atoms with Crippen LogP contribution in [0, 0.1) is 23.2 Å². The van der Waals surface area contributed by atoms with Gasteiger partial charge >= 0.3 is 0 Å². The minimum Gasteiger partial charge on any atom is -0.382 e. The van der Waals surface area contributed by atoms with E-state index in [1.807, 2.05) is 12.1 Å². The predicted octanol–water partition coefficient (Wildman–Crippen LogP) is 3.19. The number of nitrogens with zero attached hydrogens (tertiary/aromatic N) is 2. The van der Waals surface area contributed by atoms with Gasteiger partial charge < -0.3 is 5.32 Å². The van der Waals surface area contributed by atoms with Gasteiger partial charge in [-0.25, -0.2) is 4.98 Å². The van der Waals surface area contributed by atoms with E-state index in [-0.39, 0.29) is 0 Å². The molecule has 1 aromatic heterocycles. The van der Waals surface area contributed by atoms with Crippen LogP contribution in [0.5, 0.6) is 0 Å². The van der Waals surface area contributed by atoms with Crippen LogP contribution in [0.4, 0.5) is 5.69 Å². The Morgan fingerprint density at radius 1 is 1.35 bits per heavy atom. The molecule has 0 spiro atoms. The maximum atomic E-state index is 8.80. The molecule has 0 saturated heterocycles. The van der Waals surface area contributed by atoms with E-state index in [0.717, 1.165) is 17.5 Å². The van der Waals surface area contributed by atoms with Crippen molar-refractivity contribution in [3.05, 3.63) is 24.0 Å². The molecule has 1 aliphatic carbocycles. The first kappa shape index (κ1) is 11.9. The number of hydrogen-bond acceptors (Lipinski definition) is 3. The Labute approximate surface area is 103 Å². The minimum absolute atomic E-state index is 0.479. The van der Waals surface area contributed by atoms with Gasteiger partial charge in [0.1, 0.15) is 11.8 Å². The fourth-order valence-corrected chi connectivity index (χ4v) is 2.50. The zero-order valence-electron chi connectivity index (χ0n) is 10.5. The SMILES string of the molecule is CC1CCC(Nc2ccnc(C#N)c2)CC1C. The van der Waals surface area contributed by atoms with Crippen molar-refractivity contribution in [2.45, 2.75) is 39.2 Å². The van der Waals surface area contributed by atoms with Crippen LogP contribution in [0.2, 0.25) is 0 Å². The second-order valence-electron chi connectivity index (χ2n) is 5.15. The maximum absolute atomic E-state index is 8.80. The fraction of sp³-hybridized carbons (Fsp3) is 0.571. The molecule has 3 unspecified atom stereocenters. The van der Waals surface area contributed by atoms with E-state index in [0.29, 0.717) is 11.7 Å². The largest absolute Gasteiger partial charge is 0.382 e. The van der Waals surface area contributed by atoms with E-state index in [1.54, 1.807) is 6.20 Å². The van der Waals surface area contributed by atoms with Crippen LogP contribution in [0.1, 0.15) is 38.8 Å². The summed E-state index contributed by atoms with van der Waals surface area (Å²) < 4.78 is 0. The smallest absolute Gasteiger partial charge is 0.142 e. The molecule has 3 nitrogen and oxygen atoms in total. The molecule has 17 heavy (non-hydrogen) atoms. The van der Waals surface area contributed by atoms with Gasteiger partial charge in [0, 0.05) is 17.9 Å².